The molecule has 3 rings (SSSR count). The second-order valence-electron chi connectivity index (χ2n) is 6.77. The molecule has 2 aromatic rings. The van der Waals surface area contributed by atoms with Gasteiger partial charge in [0.1, 0.15) is 6.54 Å². The molecular weight excluding hydrogens is 328 g/mol. The highest BCUT2D eigenvalue weighted by Crippen LogP contribution is 2.29. The van der Waals surface area contributed by atoms with Gasteiger partial charge < -0.3 is 14.2 Å². The van der Waals surface area contributed by atoms with E-state index in [2.05, 4.69) is 26.0 Å². The number of carbonyl (C=O) groups is 2. The van der Waals surface area contributed by atoms with Gasteiger partial charge in [-0.1, -0.05) is 37.6 Å². The van der Waals surface area contributed by atoms with E-state index in [4.69, 9.17) is 4.42 Å². The number of hydrogen-bond acceptors (Lipinski definition) is 3. The van der Waals surface area contributed by atoms with Crippen molar-refractivity contribution < 1.29 is 14.0 Å². The zero-order chi connectivity index (χ0) is 18.5. The van der Waals surface area contributed by atoms with Crippen molar-refractivity contribution >= 4 is 11.8 Å². The average molecular weight is 354 g/mol. The summed E-state index contributed by atoms with van der Waals surface area (Å²) < 4.78 is 5.23. The fourth-order valence-electron chi connectivity index (χ4n) is 3.52. The summed E-state index contributed by atoms with van der Waals surface area (Å²) in [6, 6.07) is 11.6. The first-order valence-electron chi connectivity index (χ1n) is 9.32. The molecule has 0 radical (unpaired) electrons. The lowest BCUT2D eigenvalue weighted by Gasteiger charge is -2.36. The summed E-state index contributed by atoms with van der Waals surface area (Å²) in [5.74, 6) is 0.0517. The lowest BCUT2D eigenvalue weighted by molar-refractivity contribution is -0.134. The SMILES string of the molecule is CCCCN(CC(=O)N1CCc2ccccc2C1C)C(=O)c1ccco1. The number of furan rings is 1. The van der Waals surface area contributed by atoms with Gasteiger partial charge in [0.2, 0.25) is 5.91 Å². The molecular formula is C21H26N2O3. The molecule has 0 fully saturated rings. The summed E-state index contributed by atoms with van der Waals surface area (Å²) in [6.45, 7) is 5.46. The maximum Gasteiger partial charge on any atom is 0.290 e. The molecule has 1 aromatic heterocycles. The largest absolute Gasteiger partial charge is 0.459 e. The quantitative estimate of drug-likeness (QED) is 0.795. The third-order valence-corrected chi connectivity index (χ3v) is 5.04. The summed E-state index contributed by atoms with van der Waals surface area (Å²) in [5.41, 5.74) is 2.50. The molecule has 1 aliphatic rings. The van der Waals surface area contributed by atoms with Gasteiger partial charge in [-0.05, 0) is 43.0 Å². The first-order chi connectivity index (χ1) is 12.6. The average Bonchev–Trinajstić information content (AvgIpc) is 3.19. The van der Waals surface area contributed by atoms with Crippen molar-refractivity contribution in [3.05, 3.63) is 59.5 Å². The van der Waals surface area contributed by atoms with Gasteiger partial charge in [-0.15, -0.1) is 0 Å². The smallest absolute Gasteiger partial charge is 0.290 e. The third-order valence-electron chi connectivity index (χ3n) is 5.04. The predicted molar refractivity (Wildman–Crippen MR) is 99.8 cm³/mol. The number of benzene rings is 1. The second kappa shape index (κ2) is 8.21. The van der Waals surface area contributed by atoms with Crippen LogP contribution in [0.5, 0.6) is 0 Å². The van der Waals surface area contributed by atoms with Crippen LogP contribution in [0.1, 0.15) is 54.4 Å². The van der Waals surface area contributed by atoms with Gasteiger partial charge in [-0.25, -0.2) is 0 Å². The summed E-state index contributed by atoms with van der Waals surface area (Å²) >= 11 is 0. The predicted octanol–water partition coefficient (Wildman–Crippen LogP) is 3.67. The minimum Gasteiger partial charge on any atom is -0.459 e. The Morgan fingerprint density at radius 3 is 2.77 bits per heavy atom. The number of nitrogens with zero attached hydrogens (tertiary/aromatic N) is 2. The first kappa shape index (κ1) is 18.2. The van der Waals surface area contributed by atoms with Crippen LogP contribution in [0.25, 0.3) is 0 Å². The van der Waals surface area contributed by atoms with Crippen molar-refractivity contribution in [3.8, 4) is 0 Å². The molecule has 1 aliphatic heterocycles. The van der Waals surface area contributed by atoms with Gasteiger partial charge in [0.25, 0.3) is 5.91 Å². The number of fused-ring (bicyclic) bond motifs is 1. The molecule has 5 heteroatoms. The van der Waals surface area contributed by atoms with Gasteiger partial charge in [0.15, 0.2) is 5.76 Å². The number of unbranched alkanes of at least 4 members (excludes halogenated alkanes) is 1. The Bertz CT molecular complexity index is 754. The van der Waals surface area contributed by atoms with Gasteiger partial charge in [-0.2, -0.15) is 0 Å². The maximum absolute atomic E-state index is 13.0. The first-order valence-corrected chi connectivity index (χ1v) is 9.32. The molecule has 138 valence electrons. The van der Waals surface area contributed by atoms with Crippen LogP contribution in [0, 0.1) is 0 Å². The van der Waals surface area contributed by atoms with Gasteiger partial charge in [0, 0.05) is 13.1 Å². The van der Waals surface area contributed by atoms with Crippen LogP contribution in [-0.2, 0) is 11.2 Å². The zero-order valence-corrected chi connectivity index (χ0v) is 15.5. The van der Waals surface area contributed by atoms with Crippen LogP contribution in [0.3, 0.4) is 0 Å². The number of carbonyl (C=O) groups excluding carboxylic acids is 2. The Morgan fingerprint density at radius 2 is 2.04 bits per heavy atom. The highest BCUT2D eigenvalue weighted by molar-refractivity contribution is 5.94. The Labute approximate surface area is 154 Å². The van der Waals surface area contributed by atoms with Gasteiger partial charge >= 0.3 is 0 Å². The van der Waals surface area contributed by atoms with Crippen LogP contribution in [0.2, 0.25) is 0 Å². The van der Waals surface area contributed by atoms with Crippen LogP contribution >= 0.6 is 0 Å². The molecule has 1 aromatic carbocycles. The van der Waals surface area contributed by atoms with E-state index in [1.165, 1.54) is 17.4 Å². The van der Waals surface area contributed by atoms with Crippen molar-refractivity contribution in [3.63, 3.8) is 0 Å². The molecule has 0 aliphatic carbocycles. The van der Waals surface area contributed by atoms with E-state index in [0.29, 0.717) is 13.1 Å². The molecule has 2 heterocycles. The van der Waals surface area contributed by atoms with Crippen molar-refractivity contribution in [1.29, 1.82) is 0 Å². The van der Waals surface area contributed by atoms with Crippen LogP contribution < -0.4 is 0 Å². The molecule has 0 saturated heterocycles. The molecule has 0 bridgehead atoms. The molecule has 0 saturated carbocycles. The lowest BCUT2D eigenvalue weighted by Crippen LogP contribution is -2.46. The molecule has 1 unspecified atom stereocenters. The topological polar surface area (TPSA) is 53.8 Å². The summed E-state index contributed by atoms with van der Waals surface area (Å²) in [4.78, 5) is 29.1. The Hall–Kier alpha value is -2.56. The van der Waals surface area contributed by atoms with Crippen LogP contribution in [-0.4, -0.2) is 41.2 Å². The monoisotopic (exact) mass is 354 g/mol. The molecule has 0 N–H and O–H groups in total. The van der Waals surface area contributed by atoms with E-state index in [1.54, 1.807) is 17.0 Å². The fourth-order valence-corrected chi connectivity index (χ4v) is 3.52. The van der Waals surface area contributed by atoms with E-state index >= 15 is 0 Å². The Balaban J connectivity index is 1.72. The second-order valence-corrected chi connectivity index (χ2v) is 6.77. The van der Waals surface area contributed by atoms with E-state index < -0.39 is 0 Å². The van der Waals surface area contributed by atoms with Crippen molar-refractivity contribution in [1.82, 2.24) is 9.80 Å². The standard InChI is InChI=1S/C21H26N2O3/c1-3-4-12-22(21(25)19-10-7-14-26-19)15-20(24)23-13-11-17-8-5-6-9-18(17)16(23)2/h5-10,14,16H,3-4,11-13,15H2,1-2H3. The maximum atomic E-state index is 13.0. The van der Waals surface area contributed by atoms with Gasteiger partial charge in [0.05, 0.1) is 12.3 Å². The van der Waals surface area contributed by atoms with Crippen molar-refractivity contribution in [2.75, 3.05) is 19.6 Å². The highest BCUT2D eigenvalue weighted by Gasteiger charge is 2.29. The molecule has 5 nitrogen and oxygen atoms in total. The fraction of sp³-hybridized carbons (Fsp3) is 0.429. The number of amides is 2. The van der Waals surface area contributed by atoms with Crippen molar-refractivity contribution in [2.24, 2.45) is 0 Å². The number of rotatable bonds is 6. The van der Waals surface area contributed by atoms with E-state index in [9.17, 15) is 9.59 Å². The zero-order valence-electron chi connectivity index (χ0n) is 15.5. The summed E-state index contributed by atoms with van der Waals surface area (Å²) in [6.07, 6.45) is 4.16. The normalized spacial score (nSPS) is 16.2. The lowest BCUT2D eigenvalue weighted by atomic mass is 9.93. The van der Waals surface area contributed by atoms with E-state index in [0.717, 1.165) is 19.3 Å². The molecule has 2 amide bonds. The van der Waals surface area contributed by atoms with E-state index in [-0.39, 0.29) is 30.2 Å². The minimum absolute atomic E-state index is 0.0111. The Kier molecular flexibility index (Phi) is 5.76. The van der Waals surface area contributed by atoms with Crippen LogP contribution in [0.4, 0.5) is 0 Å². The van der Waals surface area contributed by atoms with Crippen molar-refractivity contribution in [2.45, 2.75) is 39.2 Å². The highest BCUT2D eigenvalue weighted by atomic mass is 16.3. The van der Waals surface area contributed by atoms with Gasteiger partial charge in [-0.3, -0.25) is 9.59 Å². The number of hydrogen-bond donors (Lipinski definition) is 0. The molecule has 1 atom stereocenters. The summed E-state index contributed by atoms with van der Waals surface area (Å²) in [5, 5.41) is 0. The molecule has 0 spiro atoms. The third kappa shape index (κ3) is 3.82. The van der Waals surface area contributed by atoms with E-state index in [1.807, 2.05) is 17.0 Å². The minimum atomic E-state index is -0.220. The Morgan fingerprint density at radius 1 is 1.23 bits per heavy atom. The summed E-state index contributed by atoms with van der Waals surface area (Å²) in [7, 11) is 0. The molecule has 26 heavy (non-hydrogen) atoms. The van der Waals surface area contributed by atoms with Crippen LogP contribution in [0.15, 0.2) is 47.1 Å².